The fraction of sp³-hybridized carbons (Fsp3) is 0.190. The Kier molecular flexibility index (Phi) is 6.77. The Hall–Kier alpha value is -3.00. The summed E-state index contributed by atoms with van der Waals surface area (Å²) in [5.74, 6) is -0.204. The maximum atomic E-state index is 13.6. The number of carbonyl (C=O) groups excluding carboxylic acids is 1. The predicted molar refractivity (Wildman–Crippen MR) is 108 cm³/mol. The molecule has 0 aliphatic heterocycles. The smallest absolute Gasteiger partial charge is 0.230 e. The lowest BCUT2D eigenvalue weighted by atomic mass is 10.2. The number of carbonyl (C=O) groups is 1. The second-order valence-electron chi connectivity index (χ2n) is 6.20. The SMILES string of the molecule is COc1ccc(-c2nc(C)cc(SCC(=O)NCc3ccc(F)cc3F)n2)cc1. The summed E-state index contributed by atoms with van der Waals surface area (Å²) in [6.07, 6.45) is 0. The van der Waals surface area contributed by atoms with Gasteiger partial charge in [0.15, 0.2) is 5.82 Å². The van der Waals surface area contributed by atoms with Crippen LogP contribution < -0.4 is 10.1 Å². The van der Waals surface area contributed by atoms with Crippen LogP contribution in [0.5, 0.6) is 5.75 Å². The average Bonchev–Trinajstić information content (AvgIpc) is 2.71. The van der Waals surface area contributed by atoms with Crippen molar-refractivity contribution in [3.63, 3.8) is 0 Å². The number of halogens is 2. The molecule has 0 spiro atoms. The van der Waals surface area contributed by atoms with Gasteiger partial charge >= 0.3 is 0 Å². The molecule has 0 radical (unpaired) electrons. The molecule has 3 rings (SSSR count). The minimum atomic E-state index is -0.687. The van der Waals surface area contributed by atoms with Gasteiger partial charge in [0, 0.05) is 29.4 Å². The molecule has 2 aromatic carbocycles. The highest BCUT2D eigenvalue weighted by molar-refractivity contribution is 7.99. The maximum absolute atomic E-state index is 13.6. The molecule has 1 amide bonds. The number of thioether (sulfide) groups is 1. The Bertz CT molecular complexity index is 1010. The first-order valence-electron chi connectivity index (χ1n) is 8.78. The summed E-state index contributed by atoms with van der Waals surface area (Å²) in [5.41, 5.74) is 1.85. The number of amides is 1. The summed E-state index contributed by atoms with van der Waals surface area (Å²) >= 11 is 1.26. The third kappa shape index (κ3) is 5.74. The standard InChI is InChI=1S/C21H19F2N3O2S/c1-13-9-20(26-21(25-13)14-4-7-17(28-2)8-5-14)29-12-19(27)24-11-15-3-6-16(22)10-18(15)23/h3-10H,11-12H2,1-2H3,(H,24,27). The molecular weight excluding hydrogens is 396 g/mol. The van der Waals surface area contributed by atoms with E-state index in [0.29, 0.717) is 10.9 Å². The zero-order valence-electron chi connectivity index (χ0n) is 15.9. The zero-order valence-corrected chi connectivity index (χ0v) is 16.7. The summed E-state index contributed by atoms with van der Waals surface area (Å²) in [6.45, 7) is 1.85. The number of aromatic nitrogens is 2. The summed E-state index contributed by atoms with van der Waals surface area (Å²) in [4.78, 5) is 21.0. The van der Waals surface area contributed by atoms with Gasteiger partial charge in [-0.25, -0.2) is 18.7 Å². The van der Waals surface area contributed by atoms with Crippen molar-refractivity contribution in [1.29, 1.82) is 0 Å². The molecule has 0 saturated carbocycles. The van der Waals surface area contributed by atoms with E-state index in [1.807, 2.05) is 31.2 Å². The Labute approximate surface area is 171 Å². The van der Waals surface area contributed by atoms with Crippen molar-refractivity contribution in [3.8, 4) is 17.1 Å². The fourth-order valence-corrected chi connectivity index (χ4v) is 3.32. The van der Waals surface area contributed by atoms with Crippen LogP contribution in [-0.4, -0.2) is 28.7 Å². The lowest BCUT2D eigenvalue weighted by Crippen LogP contribution is -2.25. The lowest BCUT2D eigenvalue weighted by Gasteiger charge is -2.08. The molecule has 8 heteroatoms. The number of benzene rings is 2. The van der Waals surface area contributed by atoms with Crippen LogP contribution in [0, 0.1) is 18.6 Å². The van der Waals surface area contributed by atoms with Gasteiger partial charge in [0.2, 0.25) is 5.91 Å². The van der Waals surface area contributed by atoms with E-state index in [-0.39, 0.29) is 23.8 Å². The third-order valence-electron chi connectivity index (χ3n) is 4.02. The number of hydrogen-bond acceptors (Lipinski definition) is 5. The van der Waals surface area contributed by atoms with E-state index in [1.54, 1.807) is 13.2 Å². The molecule has 0 fully saturated rings. The zero-order chi connectivity index (χ0) is 20.8. The van der Waals surface area contributed by atoms with E-state index in [4.69, 9.17) is 4.74 Å². The summed E-state index contributed by atoms with van der Waals surface area (Å²) < 4.78 is 31.7. The highest BCUT2D eigenvalue weighted by Gasteiger charge is 2.10. The Balaban J connectivity index is 1.61. The van der Waals surface area contributed by atoms with Crippen molar-refractivity contribution in [3.05, 3.63) is 71.4 Å². The van der Waals surface area contributed by atoms with Gasteiger partial charge in [-0.05, 0) is 43.3 Å². The third-order valence-corrected chi connectivity index (χ3v) is 4.93. The minimum absolute atomic E-state index is 0.00853. The van der Waals surface area contributed by atoms with Gasteiger partial charge in [-0.15, -0.1) is 0 Å². The average molecular weight is 415 g/mol. The van der Waals surface area contributed by atoms with Crippen molar-refractivity contribution < 1.29 is 18.3 Å². The molecule has 0 unspecified atom stereocenters. The molecule has 29 heavy (non-hydrogen) atoms. The quantitative estimate of drug-likeness (QED) is 0.464. The molecule has 5 nitrogen and oxygen atoms in total. The van der Waals surface area contributed by atoms with E-state index in [2.05, 4.69) is 15.3 Å². The molecule has 3 aromatic rings. The van der Waals surface area contributed by atoms with Crippen molar-refractivity contribution in [2.75, 3.05) is 12.9 Å². The van der Waals surface area contributed by atoms with E-state index >= 15 is 0 Å². The molecule has 1 N–H and O–H groups in total. The molecule has 0 aliphatic carbocycles. The van der Waals surface area contributed by atoms with Crippen molar-refractivity contribution >= 4 is 17.7 Å². The number of nitrogens with zero attached hydrogens (tertiary/aromatic N) is 2. The molecule has 0 saturated heterocycles. The van der Waals surface area contributed by atoms with Crippen LogP contribution in [0.2, 0.25) is 0 Å². The van der Waals surface area contributed by atoms with Crippen molar-refractivity contribution in [2.24, 2.45) is 0 Å². The number of nitrogens with one attached hydrogen (secondary N) is 1. The van der Waals surface area contributed by atoms with Crippen LogP contribution in [0.25, 0.3) is 11.4 Å². The number of ether oxygens (including phenoxy) is 1. The monoisotopic (exact) mass is 415 g/mol. The van der Waals surface area contributed by atoms with Crippen molar-refractivity contribution in [1.82, 2.24) is 15.3 Å². The summed E-state index contributed by atoms with van der Waals surface area (Å²) in [6, 6.07) is 12.5. The largest absolute Gasteiger partial charge is 0.497 e. The van der Waals surface area contributed by atoms with Crippen LogP contribution in [-0.2, 0) is 11.3 Å². The highest BCUT2D eigenvalue weighted by atomic mass is 32.2. The molecule has 0 aliphatic rings. The van der Waals surface area contributed by atoms with Gasteiger partial charge in [-0.3, -0.25) is 4.79 Å². The van der Waals surface area contributed by atoms with Gasteiger partial charge in [0.1, 0.15) is 22.4 Å². The molecule has 0 bridgehead atoms. The molecule has 1 aromatic heterocycles. The minimum Gasteiger partial charge on any atom is -0.497 e. The molecule has 150 valence electrons. The van der Waals surface area contributed by atoms with Crippen LogP contribution >= 0.6 is 11.8 Å². The topological polar surface area (TPSA) is 64.1 Å². The second-order valence-corrected chi connectivity index (χ2v) is 7.20. The van der Waals surface area contributed by atoms with E-state index in [9.17, 15) is 13.6 Å². The molecular formula is C21H19F2N3O2S. The second kappa shape index (κ2) is 9.47. The van der Waals surface area contributed by atoms with Gasteiger partial charge in [0.25, 0.3) is 0 Å². The number of hydrogen-bond donors (Lipinski definition) is 1. The van der Waals surface area contributed by atoms with Crippen LogP contribution in [0.1, 0.15) is 11.3 Å². The van der Waals surface area contributed by atoms with Gasteiger partial charge in [-0.2, -0.15) is 0 Å². The van der Waals surface area contributed by atoms with Crippen LogP contribution in [0.3, 0.4) is 0 Å². The van der Waals surface area contributed by atoms with Crippen LogP contribution in [0.15, 0.2) is 53.6 Å². The first-order chi connectivity index (χ1) is 13.9. The van der Waals surface area contributed by atoms with E-state index in [1.165, 1.54) is 17.8 Å². The Morgan fingerprint density at radius 1 is 1.10 bits per heavy atom. The lowest BCUT2D eigenvalue weighted by molar-refractivity contribution is -0.118. The van der Waals surface area contributed by atoms with E-state index in [0.717, 1.165) is 29.1 Å². The summed E-state index contributed by atoms with van der Waals surface area (Å²) in [7, 11) is 1.60. The van der Waals surface area contributed by atoms with E-state index < -0.39 is 11.6 Å². The van der Waals surface area contributed by atoms with Gasteiger partial charge in [0.05, 0.1) is 12.9 Å². The normalized spacial score (nSPS) is 10.6. The van der Waals surface area contributed by atoms with Gasteiger partial charge in [-0.1, -0.05) is 17.8 Å². The Morgan fingerprint density at radius 2 is 1.86 bits per heavy atom. The number of rotatable bonds is 7. The Morgan fingerprint density at radius 3 is 2.55 bits per heavy atom. The van der Waals surface area contributed by atoms with Crippen LogP contribution in [0.4, 0.5) is 8.78 Å². The maximum Gasteiger partial charge on any atom is 0.230 e. The molecule has 0 atom stereocenters. The molecule has 1 heterocycles. The number of aryl methyl sites for hydroxylation is 1. The fourth-order valence-electron chi connectivity index (χ4n) is 2.53. The number of methoxy groups -OCH3 is 1. The predicted octanol–water partition coefficient (Wildman–Crippen LogP) is 4.15. The first-order valence-corrected chi connectivity index (χ1v) is 9.76. The first kappa shape index (κ1) is 20.7. The van der Waals surface area contributed by atoms with Gasteiger partial charge < -0.3 is 10.1 Å². The van der Waals surface area contributed by atoms with Crippen molar-refractivity contribution in [2.45, 2.75) is 18.5 Å². The summed E-state index contributed by atoms with van der Waals surface area (Å²) in [5, 5.41) is 3.28. The highest BCUT2D eigenvalue weighted by Crippen LogP contribution is 2.23.